The van der Waals surface area contributed by atoms with Crippen LogP contribution in [-0.4, -0.2) is 0 Å². The van der Waals surface area contributed by atoms with Crippen molar-refractivity contribution in [2.45, 2.75) is 38.6 Å². The molecule has 0 aromatic heterocycles. The van der Waals surface area contributed by atoms with Gasteiger partial charge in [-0.15, -0.1) is 0 Å². The molecule has 1 unspecified atom stereocenters. The quantitative estimate of drug-likeness (QED) is 0.716. The van der Waals surface area contributed by atoms with Crippen molar-refractivity contribution in [3.63, 3.8) is 0 Å². The van der Waals surface area contributed by atoms with E-state index in [0.717, 1.165) is 18.4 Å². The van der Waals surface area contributed by atoms with E-state index in [9.17, 15) is 4.39 Å². The van der Waals surface area contributed by atoms with Crippen molar-refractivity contribution in [2.24, 2.45) is 5.73 Å². The van der Waals surface area contributed by atoms with Crippen LogP contribution in [0.1, 0.15) is 44.2 Å². The van der Waals surface area contributed by atoms with Gasteiger partial charge in [0.25, 0.3) is 0 Å². The molecule has 2 N–H and O–H groups in total. The minimum absolute atomic E-state index is 0.0164. The summed E-state index contributed by atoms with van der Waals surface area (Å²) >= 11 is 0. The Hall–Kier alpha value is -0.890. The van der Waals surface area contributed by atoms with Gasteiger partial charge in [0, 0.05) is 6.04 Å². The fourth-order valence-electron chi connectivity index (χ4n) is 1.52. The molecule has 1 rings (SSSR count). The second-order valence-electron chi connectivity index (χ2n) is 3.66. The molecule has 0 saturated carbocycles. The fraction of sp³-hybridized carbons (Fsp3) is 0.500. The van der Waals surface area contributed by atoms with E-state index in [1.54, 1.807) is 6.07 Å². The van der Waals surface area contributed by atoms with Crippen LogP contribution in [0.2, 0.25) is 0 Å². The maximum absolute atomic E-state index is 12.9. The lowest BCUT2D eigenvalue weighted by Gasteiger charge is -2.11. The molecule has 0 aliphatic rings. The van der Waals surface area contributed by atoms with Crippen molar-refractivity contribution in [1.82, 2.24) is 0 Å². The number of benzene rings is 1. The molecular formula is C12H18FN. The van der Waals surface area contributed by atoms with Crippen LogP contribution in [0.15, 0.2) is 24.3 Å². The highest BCUT2D eigenvalue weighted by Crippen LogP contribution is 2.17. The third-order valence-electron chi connectivity index (χ3n) is 2.40. The van der Waals surface area contributed by atoms with Crippen LogP contribution in [0.25, 0.3) is 0 Å². The summed E-state index contributed by atoms with van der Waals surface area (Å²) in [7, 11) is 0. The Morgan fingerprint density at radius 1 is 1.36 bits per heavy atom. The highest BCUT2D eigenvalue weighted by Gasteiger charge is 2.05. The number of hydrogen-bond acceptors (Lipinski definition) is 1. The molecule has 0 saturated heterocycles. The van der Waals surface area contributed by atoms with Crippen molar-refractivity contribution >= 4 is 0 Å². The van der Waals surface area contributed by atoms with E-state index >= 15 is 0 Å². The lowest BCUT2D eigenvalue weighted by atomic mass is 10.0. The first kappa shape index (κ1) is 11.2. The normalized spacial score (nSPS) is 12.8. The molecule has 2 heteroatoms. The number of nitrogens with two attached hydrogens (primary N) is 1. The summed E-state index contributed by atoms with van der Waals surface area (Å²) in [4.78, 5) is 0. The Morgan fingerprint density at radius 3 is 2.79 bits per heavy atom. The molecule has 14 heavy (non-hydrogen) atoms. The molecule has 0 amide bonds. The summed E-state index contributed by atoms with van der Waals surface area (Å²) in [6.45, 7) is 2.16. The topological polar surface area (TPSA) is 26.0 Å². The van der Waals surface area contributed by atoms with Crippen LogP contribution in [-0.2, 0) is 0 Å². The van der Waals surface area contributed by atoms with Crippen LogP contribution < -0.4 is 5.73 Å². The minimum atomic E-state index is -0.201. The van der Waals surface area contributed by atoms with Crippen molar-refractivity contribution in [3.8, 4) is 0 Å². The van der Waals surface area contributed by atoms with Gasteiger partial charge in [0.1, 0.15) is 5.82 Å². The van der Waals surface area contributed by atoms with Crippen molar-refractivity contribution in [3.05, 3.63) is 35.6 Å². The number of rotatable bonds is 5. The second-order valence-corrected chi connectivity index (χ2v) is 3.66. The SMILES string of the molecule is CCCCCC(N)c1cccc(F)c1. The van der Waals surface area contributed by atoms with E-state index in [2.05, 4.69) is 6.92 Å². The van der Waals surface area contributed by atoms with Crippen LogP contribution >= 0.6 is 0 Å². The predicted molar refractivity (Wildman–Crippen MR) is 57.5 cm³/mol. The van der Waals surface area contributed by atoms with Crippen molar-refractivity contribution in [2.75, 3.05) is 0 Å². The van der Waals surface area contributed by atoms with E-state index in [-0.39, 0.29) is 11.9 Å². The minimum Gasteiger partial charge on any atom is -0.324 e. The summed E-state index contributed by atoms with van der Waals surface area (Å²) in [6, 6.07) is 6.56. The smallest absolute Gasteiger partial charge is 0.123 e. The van der Waals surface area contributed by atoms with E-state index in [1.807, 2.05) is 6.07 Å². The Balaban J connectivity index is 2.47. The zero-order chi connectivity index (χ0) is 10.4. The van der Waals surface area contributed by atoms with E-state index in [4.69, 9.17) is 5.73 Å². The van der Waals surface area contributed by atoms with Gasteiger partial charge in [-0.2, -0.15) is 0 Å². The summed E-state index contributed by atoms with van der Waals surface area (Å²) in [5.41, 5.74) is 6.84. The summed E-state index contributed by atoms with van der Waals surface area (Å²) in [5, 5.41) is 0. The van der Waals surface area contributed by atoms with E-state index < -0.39 is 0 Å². The number of halogens is 1. The zero-order valence-electron chi connectivity index (χ0n) is 8.67. The van der Waals surface area contributed by atoms with Crippen LogP contribution in [0.3, 0.4) is 0 Å². The Bertz CT molecular complexity index is 273. The Kier molecular flexibility index (Phi) is 4.60. The van der Waals surface area contributed by atoms with Gasteiger partial charge in [0.2, 0.25) is 0 Å². The summed E-state index contributed by atoms with van der Waals surface area (Å²) in [6.07, 6.45) is 4.45. The van der Waals surface area contributed by atoms with Crippen LogP contribution in [0.5, 0.6) is 0 Å². The van der Waals surface area contributed by atoms with Gasteiger partial charge in [-0.3, -0.25) is 0 Å². The molecule has 0 heterocycles. The lowest BCUT2D eigenvalue weighted by Crippen LogP contribution is -2.10. The van der Waals surface area contributed by atoms with Crippen LogP contribution in [0, 0.1) is 5.82 Å². The van der Waals surface area contributed by atoms with Crippen LogP contribution in [0.4, 0.5) is 4.39 Å². The van der Waals surface area contributed by atoms with Gasteiger partial charge in [-0.25, -0.2) is 4.39 Å². The molecule has 78 valence electrons. The molecule has 0 spiro atoms. The van der Waals surface area contributed by atoms with Gasteiger partial charge in [0.05, 0.1) is 0 Å². The average molecular weight is 195 g/mol. The maximum atomic E-state index is 12.9. The first-order valence-electron chi connectivity index (χ1n) is 5.25. The van der Waals surface area contributed by atoms with Gasteiger partial charge in [-0.1, -0.05) is 38.3 Å². The zero-order valence-corrected chi connectivity index (χ0v) is 8.67. The highest BCUT2D eigenvalue weighted by atomic mass is 19.1. The number of hydrogen-bond donors (Lipinski definition) is 1. The van der Waals surface area contributed by atoms with E-state index in [0.29, 0.717) is 0 Å². The second kappa shape index (κ2) is 5.76. The van der Waals surface area contributed by atoms with Crippen molar-refractivity contribution < 1.29 is 4.39 Å². The van der Waals surface area contributed by atoms with Gasteiger partial charge < -0.3 is 5.73 Å². The molecular weight excluding hydrogens is 177 g/mol. The number of unbranched alkanes of at least 4 members (excludes halogenated alkanes) is 2. The Morgan fingerprint density at radius 2 is 2.14 bits per heavy atom. The largest absolute Gasteiger partial charge is 0.324 e. The summed E-state index contributed by atoms with van der Waals surface area (Å²) in [5.74, 6) is -0.201. The Labute approximate surface area is 85.1 Å². The molecule has 0 aliphatic carbocycles. The fourth-order valence-corrected chi connectivity index (χ4v) is 1.52. The maximum Gasteiger partial charge on any atom is 0.123 e. The van der Waals surface area contributed by atoms with Crippen molar-refractivity contribution in [1.29, 1.82) is 0 Å². The first-order chi connectivity index (χ1) is 6.74. The van der Waals surface area contributed by atoms with Gasteiger partial charge in [0.15, 0.2) is 0 Å². The molecule has 1 aromatic rings. The molecule has 1 nitrogen and oxygen atoms in total. The first-order valence-corrected chi connectivity index (χ1v) is 5.25. The third kappa shape index (κ3) is 3.46. The molecule has 0 aliphatic heterocycles. The van der Waals surface area contributed by atoms with Gasteiger partial charge in [-0.05, 0) is 24.1 Å². The standard InChI is InChI=1S/C12H18FN/c1-2-3-4-8-12(14)10-6-5-7-11(13)9-10/h5-7,9,12H,2-4,8,14H2,1H3. The molecule has 0 fully saturated rings. The summed E-state index contributed by atoms with van der Waals surface area (Å²) < 4.78 is 12.9. The lowest BCUT2D eigenvalue weighted by molar-refractivity contribution is 0.572. The average Bonchev–Trinajstić information content (AvgIpc) is 2.18. The van der Waals surface area contributed by atoms with E-state index in [1.165, 1.54) is 25.0 Å². The monoisotopic (exact) mass is 195 g/mol. The molecule has 1 aromatic carbocycles. The molecule has 0 radical (unpaired) electrons. The predicted octanol–water partition coefficient (Wildman–Crippen LogP) is 3.41. The third-order valence-corrected chi connectivity index (χ3v) is 2.40. The molecule has 1 atom stereocenters. The molecule has 0 bridgehead atoms. The van der Waals surface area contributed by atoms with Gasteiger partial charge >= 0.3 is 0 Å². The highest BCUT2D eigenvalue weighted by molar-refractivity contribution is 5.19.